The fourth-order valence-corrected chi connectivity index (χ4v) is 4.85. The van der Waals surface area contributed by atoms with Crippen molar-refractivity contribution in [2.24, 2.45) is 0 Å². The Labute approximate surface area is 179 Å². The zero-order valence-electron chi connectivity index (χ0n) is 17.0. The molecule has 0 spiro atoms. The molecule has 3 rings (SSSR count). The summed E-state index contributed by atoms with van der Waals surface area (Å²) in [5.41, 5.74) is 0.950. The van der Waals surface area contributed by atoms with Crippen LogP contribution in [0.25, 0.3) is 10.2 Å². The average Bonchev–Trinajstić information content (AvgIpc) is 3.17. The zero-order chi connectivity index (χ0) is 20.8. The van der Waals surface area contributed by atoms with Crippen LogP contribution in [0, 0.1) is 5.82 Å². The van der Waals surface area contributed by atoms with Crippen LogP contribution in [0.15, 0.2) is 47.4 Å². The summed E-state index contributed by atoms with van der Waals surface area (Å²) >= 11 is 3.06. The van der Waals surface area contributed by atoms with E-state index in [4.69, 9.17) is 0 Å². The van der Waals surface area contributed by atoms with Gasteiger partial charge in [0.2, 0.25) is 0 Å². The van der Waals surface area contributed by atoms with Gasteiger partial charge in [-0.15, -0.1) is 11.8 Å². The number of carbonyl (C=O) groups is 1. The van der Waals surface area contributed by atoms with Crippen LogP contribution >= 0.6 is 23.1 Å². The number of thiazole rings is 1. The van der Waals surface area contributed by atoms with Crippen LogP contribution in [0.2, 0.25) is 0 Å². The van der Waals surface area contributed by atoms with Crippen LogP contribution in [0.4, 0.5) is 9.52 Å². The second-order valence-corrected chi connectivity index (χ2v) is 8.87. The molecule has 1 heterocycles. The number of likely N-dealkylation sites (N-methyl/N-ethyl adjacent to an activating group) is 1. The highest BCUT2D eigenvalue weighted by molar-refractivity contribution is 7.99. The molecule has 0 saturated carbocycles. The molecule has 0 atom stereocenters. The van der Waals surface area contributed by atoms with Crippen molar-refractivity contribution in [2.75, 3.05) is 36.8 Å². The first-order chi connectivity index (χ1) is 14.1. The summed E-state index contributed by atoms with van der Waals surface area (Å²) in [5.74, 6) is 0.484. The largest absolute Gasteiger partial charge is 0.302 e. The van der Waals surface area contributed by atoms with Crippen molar-refractivity contribution >= 4 is 44.4 Å². The van der Waals surface area contributed by atoms with Gasteiger partial charge in [-0.1, -0.05) is 44.2 Å². The number of benzene rings is 2. The first-order valence-electron chi connectivity index (χ1n) is 9.89. The van der Waals surface area contributed by atoms with Crippen molar-refractivity contribution in [3.05, 3.63) is 53.8 Å². The molecule has 0 aliphatic rings. The molecule has 2 aromatic carbocycles. The highest BCUT2D eigenvalue weighted by Crippen LogP contribution is 2.31. The van der Waals surface area contributed by atoms with E-state index >= 15 is 0 Å². The smallest absolute Gasteiger partial charge is 0.260 e. The first kappa shape index (κ1) is 21.7. The van der Waals surface area contributed by atoms with E-state index in [9.17, 15) is 9.18 Å². The van der Waals surface area contributed by atoms with Crippen molar-refractivity contribution in [3.63, 3.8) is 0 Å². The Morgan fingerprint density at radius 2 is 1.86 bits per heavy atom. The molecule has 1 aromatic heterocycles. The van der Waals surface area contributed by atoms with Crippen molar-refractivity contribution in [3.8, 4) is 0 Å². The monoisotopic (exact) mass is 431 g/mol. The number of rotatable bonds is 9. The molecule has 1 amide bonds. The maximum absolute atomic E-state index is 14.2. The highest BCUT2D eigenvalue weighted by atomic mass is 32.2. The Balaban J connectivity index is 1.96. The van der Waals surface area contributed by atoms with E-state index < -0.39 is 0 Å². The minimum atomic E-state index is -0.359. The lowest BCUT2D eigenvalue weighted by atomic mass is 10.2. The quantitative estimate of drug-likeness (QED) is 0.417. The minimum absolute atomic E-state index is 0.102. The number of amides is 1. The summed E-state index contributed by atoms with van der Waals surface area (Å²) in [6.45, 7) is 9.37. The molecular formula is C22H26FN3OS2. The van der Waals surface area contributed by atoms with Crippen LogP contribution < -0.4 is 4.90 Å². The van der Waals surface area contributed by atoms with Gasteiger partial charge in [-0.2, -0.15) is 0 Å². The molecule has 4 nitrogen and oxygen atoms in total. The molecule has 154 valence electrons. The molecule has 3 aromatic rings. The van der Waals surface area contributed by atoms with E-state index in [0.717, 1.165) is 35.0 Å². The van der Waals surface area contributed by atoms with Crippen LogP contribution in [0.1, 0.15) is 31.1 Å². The Bertz CT molecular complexity index is 972. The fraction of sp³-hybridized carbons (Fsp3) is 0.364. The molecule has 0 aliphatic carbocycles. The predicted molar refractivity (Wildman–Crippen MR) is 122 cm³/mol. The van der Waals surface area contributed by atoms with Gasteiger partial charge in [0.25, 0.3) is 5.91 Å². The average molecular weight is 432 g/mol. The van der Waals surface area contributed by atoms with Gasteiger partial charge in [0.15, 0.2) is 5.13 Å². The Kier molecular flexibility index (Phi) is 7.64. The van der Waals surface area contributed by atoms with Gasteiger partial charge < -0.3 is 4.90 Å². The number of hydrogen-bond donors (Lipinski definition) is 0. The Morgan fingerprint density at radius 1 is 1.10 bits per heavy atom. The normalized spacial score (nSPS) is 11.3. The lowest BCUT2D eigenvalue weighted by Gasteiger charge is -2.25. The van der Waals surface area contributed by atoms with Crippen molar-refractivity contribution in [1.82, 2.24) is 9.88 Å². The van der Waals surface area contributed by atoms with Crippen LogP contribution in [-0.4, -0.2) is 47.7 Å². The topological polar surface area (TPSA) is 36.4 Å². The zero-order valence-corrected chi connectivity index (χ0v) is 18.7. The van der Waals surface area contributed by atoms with E-state index in [1.165, 1.54) is 17.4 Å². The fourth-order valence-electron chi connectivity index (χ4n) is 3.13. The lowest BCUT2D eigenvalue weighted by Crippen LogP contribution is -2.38. The molecule has 0 aliphatic heterocycles. The highest BCUT2D eigenvalue weighted by Gasteiger charge is 2.23. The molecule has 0 fully saturated rings. The number of carbonyl (C=O) groups excluding carboxylic acids is 1. The second kappa shape index (κ2) is 10.2. The summed E-state index contributed by atoms with van der Waals surface area (Å²) in [6.07, 6.45) is 0. The van der Waals surface area contributed by atoms with Gasteiger partial charge in [-0.3, -0.25) is 9.69 Å². The lowest BCUT2D eigenvalue weighted by molar-refractivity contribution is 0.0983. The first-order valence-corrected chi connectivity index (χ1v) is 11.7. The standard InChI is InChI=1S/C22H26FN3OS2/c1-4-25(5-2)13-14-26(21(27)16-9-7-10-17(15-16)28-6-3)22-24-20-18(23)11-8-12-19(20)29-22/h7-12,15H,4-6,13-14H2,1-3H3. The van der Waals surface area contributed by atoms with Crippen molar-refractivity contribution in [1.29, 1.82) is 0 Å². The number of para-hydroxylation sites is 1. The molecule has 0 N–H and O–H groups in total. The van der Waals surface area contributed by atoms with E-state index in [1.54, 1.807) is 22.7 Å². The van der Waals surface area contributed by atoms with Gasteiger partial charge in [-0.25, -0.2) is 9.37 Å². The molecule has 0 saturated heterocycles. The number of nitrogens with zero attached hydrogens (tertiary/aromatic N) is 3. The van der Waals surface area contributed by atoms with E-state index in [-0.39, 0.29) is 11.7 Å². The molecule has 29 heavy (non-hydrogen) atoms. The second-order valence-electron chi connectivity index (χ2n) is 6.53. The van der Waals surface area contributed by atoms with E-state index in [0.29, 0.717) is 22.8 Å². The van der Waals surface area contributed by atoms with E-state index in [1.807, 2.05) is 30.3 Å². The maximum atomic E-state index is 14.2. The molecule has 7 heteroatoms. The number of aromatic nitrogens is 1. The molecule has 0 radical (unpaired) electrons. The predicted octanol–water partition coefficient (Wildman–Crippen LogP) is 5.54. The third-order valence-electron chi connectivity index (χ3n) is 4.76. The maximum Gasteiger partial charge on any atom is 0.260 e. The summed E-state index contributed by atoms with van der Waals surface area (Å²) in [7, 11) is 0. The number of hydrogen-bond acceptors (Lipinski definition) is 5. The third-order valence-corrected chi connectivity index (χ3v) is 6.68. The molecular weight excluding hydrogens is 405 g/mol. The molecule has 0 unspecified atom stereocenters. The van der Waals surface area contributed by atoms with Gasteiger partial charge >= 0.3 is 0 Å². The van der Waals surface area contributed by atoms with Crippen LogP contribution in [0.5, 0.6) is 0 Å². The Hall–Kier alpha value is -1.96. The SMILES string of the molecule is CCSc1cccc(C(=O)N(CCN(CC)CC)c2nc3c(F)cccc3s2)c1. The van der Waals surface area contributed by atoms with Crippen LogP contribution in [0.3, 0.4) is 0 Å². The Morgan fingerprint density at radius 3 is 2.55 bits per heavy atom. The van der Waals surface area contributed by atoms with Gasteiger partial charge in [0, 0.05) is 23.5 Å². The minimum Gasteiger partial charge on any atom is -0.302 e. The summed E-state index contributed by atoms with van der Waals surface area (Å²) in [4.78, 5) is 22.9. The van der Waals surface area contributed by atoms with Gasteiger partial charge in [-0.05, 0) is 49.2 Å². The van der Waals surface area contributed by atoms with Crippen molar-refractivity contribution in [2.45, 2.75) is 25.7 Å². The van der Waals surface area contributed by atoms with Gasteiger partial charge in [0.1, 0.15) is 11.3 Å². The number of halogens is 1. The molecule has 0 bridgehead atoms. The van der Waals surface area contributed by atoms with Crippen molar-refractivity contribution < 1.29 is 9.18 Å². The number of anilines is 1. The summed E-state index contributed by atoms with van der Waals surface area (Å²) < 4.78 is 14.9. The summed E-state index contributed by atoms with van der Waals surface area (Å²) in [6, 6.07) is 12.6. The van der Waals surface area contributed by atoms with Gasteiger partial charge in [0.05, 0.1) is 4.70 Å². The van der Waals surface area contributed by atoms with E-state index in [2.05, 4.69) is 30.7 Å². The third kappa shape index (κ3) is 5.15. The number of thioether (sulfide) groups is 1. The summed E-state index contributed by atoms with van der Waals surface area (Å²) in [5, 5.41) is 0.538. The van der Waals surface area contributed by atoms with Crippen LogP contribution in [-0.2, 0) is 0 Å². The number of fused-ring (bicyclic) bond motifs is 1.